The Morgan fingerprint density at radius 2 is 1.74 bits per heavy atom. The molecule has 2 aliphatic rings. The molecule has 31 heavy (non-hydrogen) atoms. The van der Waals surface area contributed by atoms with Crippen LogP contribution in [0.15, 0.2) is 42.5 Å². The van der Waals surface area contributed by atoms with E-state index in [1.54, 1.807) is 24.3 Å². The predicted molar refractivity (Wildman–Crippen MR) is 119 cm³/mol. The lowest BCUT2D eigenvalue weighted by Gasteiger charge is -2.33. The molecular formula is C26H31NO4. The number of benzene rings is 2. The molecule has 5 heteroatoms. The van der Waals surface area contributed by atoms with Crippen molar-refractivity contribution in [1.29, 1.82) is 0 Å². The van der Waals surface area contributed by atoms with Crippen molar-refractivity contribution in [3.63, 3.8) is 0 Å². The number of hydrogen-bond acceptors (Lipinski definition) is 4. The third kappa shape index (κ3) is 4.24. The summed E-state index contributed by atoms with van der Waals surface area (Å²) >= 11 is 0. The van der Waals surface area contributed by atoms with Crippen LogP contribution in [-0.2, 0) is 11.2 Å². The highest BCUT2D eigenvalue weighted by Crippen LogP contribution is 2.41. The van der Waals surface area contributed by atoms with Gasteiger partial charge in [-0.2, -0.15) is 0 Å². The molecule has 2 aromatic rings. The summed E-state index contributed by atoms with van der Waals surface area (Å²) < 4.78 is 11.7. The van der Waals surface area contributed by atoms with Crippen molar-refractivity contribution in [2.45, 2.75) is 58.7 Å². The summed E-state index contributed by atoms with van der Waals surface area (Å²) in [5, 5.41) is 0. The number of hydrogen-bond donors (Lipinski definition) is 0. The summed E-state index contributed by atoms with van der Waals surface area (Å²) in [5.74, 6) is 1.69. The summed E-state index contributed by atoms with van der Waals surface area (Å²) in [5.41, 5.74) is 3.77. The number of aryl methyl sites for hydroxylation is 1. The zero-order valence-corrected chi connectivity index (χ0v) is 18.6. The van der Waals surface area contributed by atoms with Crippen LogP contribution >= 0.6 is 0 Å². The van der Waals surface area contributed by atoms with E-state index in [1.807, 2.05) is 13.0 Å². The number of rotatable bonds is 8. The molecule has 0 radical (unpaired) electrons. The first-order chi connectivity index (χ1) is 15.0. The number of ether oxygens (including phenoxy) is 2. The van der Waals surface area contributed by atoms with Crippen molar-refractivity contribution in [2.24, 2.45) is 5.92 Å². The van der Waals surface area contributed by atoms with Crippen LogP contribution in [0.3, 0.4) is 0 Å². The minimum absolute atomic E-state index is 0.209. The molecule has 0 spiro atoms. The molecule has 0 aromatic heterocycles. The zero-order valence-electron chi connectivity index (χ0n) is 18.6. The van der Waals surface area contributed by atoms with Gasteiger partial charge in [0.2, 0.25) is 0 Å². The van der Waals surface area contributed by atoms with E-state index in [1.165, 1.54) is 35.3 Å². The summed E-state index contributed by atoms with van der Waals surface area (Å²) in [4.78, 5) is 26.1. The lowest BCUT2D eigenvalue weighted by Crippen LogP contribution is -2.34. The first-order valence-corrected chi connectivity index (χ1v) is 11.4. The maximum atomic E-state index is 12.4. The van der Waals surface area contributed by atoms with Gasteiger partial charge in [0.25, 0.3) is 11.8 Å². The fourth-order valence-electron chi connectivity index (χ4n) is 5.05. The Hall–Kier alpha value is -2.66. The molecule has 2 amide bonds. The van der Waals surface area contributed by atoms with Crippen molar-refractivity contribution in [3.05, 3.63) is 64.7 Å². The Bertz CT molecular complexity index is 935. The first kappa shape index (κ1) is 21.6. The van der Waals surface area contributed by atoms with Gasteiger partial charge < -0.3 is 9.47 Å². The van der Waals surface area contributed by atoms with Gasteiger partial charge in [-0.05, 0) is 73.4 Å². The Kier molecular flexibility index (Phi) is 6.42. The second-order valence-corrected chi connectivity index (χ2v) is 8.45. The van der Waals surface area contributed by atoms with Crippen molar-refractivity contribution < 1.29 is 19.1 Å². The zero-order chi connectivity index (χ0) is 22.0. The summed E-state index contributed by atoms with van der Waals surface area (Å²) in [6.45, 7) is 6.84. The first-order valence-electron chi connectivity index (χ1n) is 11.4. The average Bonchev–Trinajstić information content (AvgIpc) is 3.03. The second-order valence-electron chi connectivity index (χ2n) is 8.45. The van der Waals surface area contributed by atoms with Crippen LogP contribution in [0, 0.1) is 5.92 Å². The Labute approximate surface area is 184 Å². The van der Waals surface area contributed by atoms with E-state index in [4.69, 9.17) is 9.47 Å². The fraction of sp³-hybridized carbons (Fsp3) is 0.462. The molecule has 1 aliphatic carbocycles. The van der Waals surface area contributed by atoms with Gasteiger partial charge in [-0.1, -0.05) is 38.5 Å². The molecular weight excluding hydrogens is 390 g/mol. The van der Waals surface area contributed by atoms with E-state index in [9.17, 15) is 9.59 Å². The predicted octanol–water partition coefficient (Wildman–Crippen LogP) is 5.19. The Morgan fingerprint density at radius 3 is 2.39 bits per heavy atom. The SMILES string of the molecule is CCC1CCc2cc(OC(C)OCCN3C(=O)c4ccccc4C3=O)ccc2C1CC. The molecule has 3 atom stereocenters. The summed E-state index contributed by atoms with van der Waals surface area (Å²) in [6.07, 6.45) is 4.26. The van der Waals surface area contributed by atoms with Gasteiger partial charge in [0.05, 0.1) is 24.3 Å². The molecule has 0 saturated heterocycles. The van der Waals surface area contributed by atoms with Crippen molar-refractivity contribution >= 4 is 11.8 Å². The Morgan fingerprint density at radius 1 is 1.03 bits per heavy atom. The smallest absolute Gasteiger partial charge is 0.261 e. The molecule has 1 heterocycles. The topological polar surface area (TPSA) is 55.8 Å². The van der Waals surface area contributed by atoms with Gasteiger partial charge in [0.15, 0.2) is 6.29 Å². The van der Waals surface area contributed by atoms with Gasteiger partial charge in [-0.15, -0.1) is 0 Å². The number of nitrogens with zero attached hydrogens (tertiary/aromatic N) is 1. The molecule has 0 bridgehead atoms. The van der Waals surface area contributed by atoms with Gasteiger partial charge in [-0.3, -0.25) is 14.5 Å². The van der Waals surface area contributed by atoms with E-state index in [-0.39, 0.29) is 25.0 Å². The maximum absolute atomic E-state index is 12.4. The number of carbonyl (C=O) groups is 2. The van der Waals surface area contributed by atoms with Crippen LogP contribution in [0.25, 0.3) is 0 Å². The molecule has 3 unspecified atom stereocenters. The van der Waals surface area contributed by atoms with Crippen LogP contribution in [0.2, 0.25) is 0 Å². The molecule has 1 aliphatic heterocycles. The average molecular weight is 422 g/mol. The van der Waals surface area contributed by atoms with Gasteiger partial charge >= 0.3 is 0 Å². The van der Waals surface area contributed by atoms with Gasteiger partial charge in [-0.25, -0.2) is 0 Å². The molecule has 0 N–H and O–H groups in total. The van der Waals surface area contributed by atoms with Crippen molar-refractivity contribution in [1.82, 2.24) is 4.90 Å². The minimum Gasteiger partial charge on any atom is -0.465 e. The van der Waals surface area contributed by atoms with Crippen molar-refractivity contribution in [3.8, 4) is 5.75 Å². The quantitative estimate of drug-likeness (QED) is 0.435. The van der Waals surface area contributed by atoms with Crippen LogP contribution in [0.4, 0.5) is 0 Å². The van der Waals surface area contributed by atoms with E-state index >= 15 is 0 Å². The number of fused-ring (bicyclic) bond motifs is 2. The number of amides is 2. The Balaban J connectivity index is 1.32. The fourth-order valence-corrected chi connectivity index (χ4v) is 5.05. The highest BCUT2D eigenvalue weighted by Gasteiger charge is 2.34. The summed E-state index contributed by atoms with van der Waals surface area (Å²) in [6, 6.07) is 13.3. The van der Waals surface area contributed by atoms with E-state index in [2.05, 4.69) is 26.0 Å². The monoisotopic (exact) mass is 421 g/mol. The molecule has 2 aromatic carbocycles. The standard InChI is InChI=1S/C26H31NO4/c1-4-18-10-11-19-16-20(12-13-22(19)21(18)5-2)31-17(3)30-15-14-27-25(28)23-8-6-7-9-24(23)26(27)29/h6-9,12-13,16-18,21H,4-5,10-11,14-15H2,1-3H3. The minimum atomic E-state index is -0.470. The van der Waals surface area contributed by atoms with Crippen LogP contribution in [0.1, 0.15) is 77.8 Å². The van der Waals surface area contributed by atoms with Crippen LogP contribution in [-0.4, -0.2) is 36.2 Å². The lowest BCUT2D eigenvalue weighted by molar-refractivity contribution is -0.0690. The maximum Gasteiger partial charge on any atom is 0.261 e. The lowest BCUT2D eigenvalue weighted by atomic mass is 9.73. The summed E-state index contributed by atoms with van der Waals surface area (Å²) in [7, 11) is 0. The second kappa shape index (κ2) is 9.23. The van der Waals surface area contributed by atoms with Crippen LogP contribution < -0.4 is 4.74 Å². The van der Waals surface area contributed by atoms with E-state index < -0.39 is 6.29 Å². The number of carbonyl (C=O) groups excluding carboxylic acids is 2. The molecule has 0 fully saturated rings. The highest BCUT2D eigenvalue weighted by molar-refractivity contribution is 6.21. The third-order valence-electron chi connectivity index (χ3n) is 6.68. The van der Waals surface area contributed by atoms with Gasteiger partial charge in [0, 0.05) is 0 Å². The largest absolute Gasteiger partial charge is 0.465 e. The van der Waals surface area contributed by atoms with Crippen molar-refractivity contribution in [2.75, 3.05) is 13.2 Å². The molecule has 5 nitrogen and oxygen atoms in total. The highest BCUT2D eigenvalue weighted by atomic mass is 16.7. The van der Waals surface area contributed by atoms with E-state index in [0.29, 0.717) is 17.0 Å². The third-order valence-corrected chi connectivity index (χ3v) is 6.68. The number of imide groups is 1. The molecule has 0 saturated carbocycles. The molecule has 164 valence electrons. The van der Waals surface area contributed by atoms with Gasteiger partial charge in [0.1, 0.15) is 5.75 Å². The van der Waals surface area contributed by atoms with E-state index in [0.717, 1.165) is 18.1 Å². The van der Waals surface area contributed by atoms with Crippen LogP contribution in [0.5, 0.6) is 5.75 Å². The molecule has 4 rings (SSSR count). The normalized spacial score (nSPS) is 21.1.